The van der Waals surface area contributed by atoms with Gasteiger partial charge in [0.1, 0.15) is 17.4 Å². The van der Waals surface area contributed by atoms with E-state index >= 15 is 0 Å². The summed E-state index contributed by atoms with van der Waals surface area (Å²) in [4.78, 5) is 7.17. The van der Waals surface area contributed by atoms with E-state index in [2.05, 4.69) is 41.2 Å². The molecule has 7 heteroatoms. The summed E-state index contributed by atoms with van der Waals surface area (Å²) < 4.78 is 7.77. The van der Waals surface area contributed by atoms with Crippen LogP contribution in [0.5, 0.6) is 0 Å². The summed E-state index contributed by atoms with van der Waals surface area (Å²) in [6.07, 6.45) is 1.71. The lowest BCUT2D eigenvalue weighted by molar-refractivity contribution is -0.0385. The first kappa shape index (κ1) is 15.6. The highest BCUT2D eigenvalue weighted by molar-refractivity contribution is 7.09. The molecule has 0 unspecified atom stereocenters. The molecule has 120 valence electrons. The number of aromatic nitrogens is 4. The monoisotopic (exact) mass is 321 g/mol. The van der Waals surface area contributed by atoms with Crippen molar-refractivity contribution in [2.45, 2.75) is 38.8 Å². The largest absolute Gasteiger partial charge is 0.368 e. The minimum Gasteiger partial charge on any atom is -0.368 e. The summed E-state index contributed by atoms with van der Waals surface area (Å²) in [6, 6.07) is 0. The molecule has 0 aliphatic carbocycles. The zero-order chi connectivity index (χ0) is 15.7. The maximum Gasteiger partial charge on any atom is 0.163 e. The molecule has 1 saturated heterocycles. The van der Waals surface area contributed by atoms with Gasteiger partial charge in [-0.2, -0.15) is 0 Å². The number of ether oxygens (including phenoxy) is 1. The lowest BCUT2D eigenvalue weighted by atomic mass is 9.93. The second-order valence-corrected chi connectivity index (χ2v) is 7.71. The molecule has 2 aromatic rings. The third-order valence-electron chi connectivity index (χ3n) is 3.86. The van der Waals surface area contributed by atoms with Crippen LogP contribution in [0.3, 0.4) is 0 Å². The van der Waals surface area contributed by atoms with Crippen LogP contribution in [0.4, 0.5) is 0 Å². The number of thiazole rings is 1. The van der Waals surface area contributed by atoms with Crippen molar-refractivity contribution in [3.05, 3.63) is 28.2 Å². The van der Waals surface area contributed by atoms with Crippen molar-refractivity contribution in [3.8, 4) is 0 Å². The molecule has 6 nitrogen and oxygen atoms in total. The van der Waals surface area contributed by atoms with Gasteiger partial charge in [-0.3, -0.25) is 4.90 Å². The SMILES string of the molecule is Cn1cnnc1[C@@H]1CN(Cc2nc(C(C)(C)C)cs2)CCO1. The highest BCUT2D eigenvalue weighted by Gasteiger charge is 2.26. The number of hydrogen-bond acceptors (Lipinski definition) is 6. The number of hydrogen-bond donors (Lipinski definition) is 0. The lowest BCUT2D eigenvalue weighted by Gasteiger charge is -2.31. The molecule has 3 rings (SSSR count). The fraction of sp³-hybridized carbons (Fsp3) is 0.667. The van der Waals surface area contributed by atoms with Crippen molar-refractivity contribution < 1.29 is 4.74 Å². The molecule has 1 atom stereocenters. The number of aryl methyl sites for hydroxylation is 1. The van der Waals surface area contributed by atoms with Gasteiger partial charge < -0.3 is 9.30 Å². The van der Waals surface area contributed by atoms with E-state index in [1.807, 2.05) is 11.6 Å². The Labute approximate surface area is 135 Å². The van der Waals surface area contributed by atoms with Crippen molar-refractivity contribution in [1.29, 1.82) is 0 Å². The second-order valence-electron chi connectivity index (χ2n) is 6.77. The topological polar surface area (TPSA) is 56.1 Å². The average Bonchev–Trinajstić information content (AvgIpc) is 3.07. The van der Waals surface area contributed by atoms with Crippen LogP contribution in [-0.2, 0) is 23.7 Å². The Hall–Kier alpha value is -1.31. The Morgan fingerprint density at radius 1 is 1.41 bits per heavy atom. The van der Waals surface area contributed by atoms with E-state index in [1.54, 1.807) is 17.7 Å². The highest BCUT2D eigenvalue weighted by Crippen LogP contribution is 2.26. The molecule has 0 bridgehead atoms. The van der Waals surface area contributed by atoms with Gasteiger partial charge in [0.15, 0.2) is 5.82 Å². The number of nitrogens with zero attached hydrogens (tertiary/aromatic N) is 5. The molecule has 0 saturated carbocycles. The molecule has 0 spiro atoms. The molecule has 0 N–H and O–H groups in total. The van der Waals surface area contributed by atoms with Gasteiger partial charge in [-0.05, 0) is 0 Å². The van der Waals surface area contributed by atoms with Gasteiger partial charge in [0.2, 0.25) is 0 Å². The van der Waals surface area contributed by atoms with Crippen molar-refractivity contribution in [2.24, 2.45) is 7.05 Å². The van der Waals surface area contributed by atoms with Gasteiger partial charge in [0.25, 0.3) is 0 Å². The van der Waals surface area contributed by atoms with E-state index in [1.165, 1.54) is 10.7 Å². The fourth-order valence-electron chi connectivity index (χ4n) is 2.51. The quantitative estimate of drug-likeness (QED) is 0.867. The van der Waals surface area contributed by atoms with Gasteiger partial charge in [-0.25, -0.2) is 4.98 Å². The molecule has 1 fully saturated rings. The molecule has 3 heterocycles. The van der Waals surface area contributed by atoms with Crippen LogP contribution >= 0.6 is 11.3 Å². The van der Waals surface area contributed by atoms with Crippen LogP contribution in [0.15, 0.2) is 11.7 Å². The van der Waals surface area contributed by atoms with Gasteiger partial charge in [-0.1, -0.05) is 20.8 Å². The third-order valence-corrected chi connectivity index (χ3v) is 4.70. The van der Waals surface area contributed by atoms with Gasteiger partial charge in [-0.15, -0.1) is 21.5 Å². The van der Waals surface area contributed by atoms with Crippen LogP contribution in [-0.4, -0.2) is 44.3 Å². The molecule has 1 aliphatic rings. The van der Waals surface area contributed by atoms with Crippen LogP contribution < -0.4 is 0 Å². The van der Waals surface area contributed by atoms with E-state index in [4.69, 9.17) is 9.72 Å². The highest BCUT2D eigenvalue weighted by atomic mass is 32.1. The minimum absolute atomic E-state index is 0.0108. The summed E-state index contributed by atoms with van der Waals surface area (Å²) in [6.45, 7) is 9.95. The van der Waals surface area contributed by atoms with Gasteiger partial charge in [0, 0.05) is 30.9 Å². The molecule has 1 aliphatic heterocycles. The molecule has 2 aromatic heterocycles. The predicted octanol–water partition coefficient (Wildman–Crippen LogP) is 2.14. The molecule has 0 aromatic carbocycles. The summed E-state index contributed by atoms with van der Waals surface area (Å²) in [7, 11) is 1.95. The van der Waals surface area contributed by atoms with Crippen LogP contribution in [0.1, 0.15) is 43.4 Å². The van der Waals surface area contributed by atoms with Gasteiger partial charge >= 0.3 is 0 Å². The maximum absolute atomic E-state index is 5.85. The predicted molar refractivity (Wildman–Crippen MR) is 85.8 cm³/mol. The van der Waals surface area contributed by atoms with Crippen LogP contribution in [0.25, 0.3) is 0 Å². The first-order chi connectivity index (χ1) is 10.4. The molecule has 0 radical (unpaired) electrons. The minimum atomic E-state index is -0.0108. The Kier molecular flexibility index (Phi) is 4.29. The standard InChI is InChI=1S/C15H23N5OS/c1-15(2,3)12-9-22-13(17-12)8-20-5-6-21-11(7-20)14-18-16-10-19(14)4/h9-11H,5-8H2,1-4H3/t11-/m0/s1. The molecular formula is C15H23N5OS. The van der Waals surface area contributed by atoms with E-state index in [9.17, 15) is 0 Å². The smallest absolute Gasteiger partial charge is 0.163 e. The molecule has 22 heavy (non-hydrogen) atoms. The van der Waals surface area contributed by atoms with Crippen molar-refractivity contribution in [3.63, 3.8) is 0 Å². The zero-order valence-corrected chi connectivity index (χ0v) is 14.4. The first-order valence-corrected chi connectivity index (χ1v) is 8.44. The van der Waals surface area contributed by atoms with E-state index in [0.717, 1.165) is 32.1 Å². The normalized spacial score (nSPS) is 20.5. The molecular weight excluding hydrogens is 298 g/mol. The van der Waals surface area contributed by atoms with Gasteiger partial charge in [0.05, 0.1) is 18.8 Å². The Balaban J connectivity index is 1.66. The van der Waals surface area contributed by atoms with E-state index < -0.39 is 0 Å². The Morgan fingerprint density at radius 2 is 2.23 bits per heavy atom. The second kappa shape index (κ2) is 6.06. The average molecular weight is 321 g/mol. The number of rotatable bonds is 3. The summed E-state index contributed by atoms with van der Waals surface area (Å²) in [5.74, 6) is 0.888. The Bertz CT molecular complexity index is 630. The Morgan fingerprint density at radius 3 is 2.86 bits per heavy atom. The summed E-state index contributed by atoms with van der Waals surface area (Å²) in [5, 5.41) is 11.5. The maximum atomic E-state index is 5.85. The van der Waals surface area contributed by atoms with E-state index in [-0.39, 0.29) is 11.5 Å². The van der Waals surface area contributed by atoms with Crippen LogP contribution in [0, 0.1) is 0 Å². The first-order valence-electron chi connectivity index (χ1n) is 7.56. The fourth-order valence-corrected chi connectivity index (χ4v) is 3.57. The van der Waals surface area contributed by atoms with E-state index in [0.29, 0.717) is 0 Å². The van der Waals surface area contributed by atoms with Crippen molar-refractivity contribution in [1.82, 2.24) is 24.6 Å². The third kappa shape index (κ3) is 3.37. The van der Waals surface area contributed by atoms with Crippen LogP contribution in [0.2, 0.25) is 0 Å². The van der Waals surface area contributed by atoms with Crippen molar-refractivity contribution in [2.75, 3.05) is 19.7 Å². The lowest BCUT2D eigenvalue weighted by Crippen LogP contribution is -2.38. The summed E-state index contributed by atoms with van der Waals surface area (Å²) in [5.41, 5.74) is 1.28. The number of morpholine rings is 1. The summed E-state index contributed by atoms with van der Waals surface area (Å²) >= 11 is 1.75. The molecule has 0 amide bonds. The zero-order valence-electron chi connectivity index (χ0n) is 13.6. The van der Waals surface area contributed by atoms with Crippen molar-refractivity contribution >= 4 is 11.3 Å².